The highest BCUT2D eigenvalue weighted by Crippen LogP contribution is 2.27. The fraction of sp³-hybridized carbons (Fsp3) is 0.700. The van der Waals surface area contributed by atoms with Crippen LogP contribution in [0.5, 0.6) is 0 Å². The molecule has 0 radical (unpaired) electrons. The molecule has 14 heavy (non-hydrogen) atoms. The molecule has 1 N–H and O–H groups in total. The summed E-state index contributed by atoms with van der Waals surface area (Å²) < 4.78 is 4.99. The van der Waals surface area contributed by atoms with Crippen molar-refractivity contribution in [2.24, 2.45) is 11.8 Å². The maximum Gasteiger partial charge on any atom is 0.407 e. The van der Waals surface area contributed by atoms with Gasteiger partial charge >= 0.3 is 6.09 Å². The molecule has 1 rings (SSSR count). The summed E-state index contributed by atoms with van der Waals surface area (Å²) in [6.07, 6.45) is 0.911. The van der Waals surface area contributed by atoms with E-state index in [2.05, 4.69) is 0 Å². The summed E-state index contributed by atoms with van der Waals surface area (Å²) in [5.74, 6) is 0.490. The minimum atomic E-state index is -0.833. The van der Waals surface area contributed by atoms with Crippen LogP contribution < -0.4 is 0 Å². The largest absolute Gasteiger partial charge is 0.504 e. The average Bonchev–Trinajstić information content (AvgIpc) is 2.10. The number of methoxy groups -OCH3 is 1. The van der Waals surface area contributed by atoms with Crippen LogP contribution in [0.15, 0.2) is 11.8 Å². The second kappa shape index (κ2) is 4.35. The second-order valence-electron chi connectivity index (χ2n) is 3.84. The molecule has 1 aliphatic rings. The zero-order valence-electron chi connectivity index (χ0n) is 8.86. The third-order valence-electron chi connectivity index (χ3n) is 2.65. The van der Waals surface area contributed by atoms with Gasteiger partial charge in [0.15, 0.2) is 0 Å². The molecule has 1 fully saturated rings. The number of carbonyl (C=O) groups is 1. The molecule has 4 nitrogen and oxygen atoms in total. The van der Waals surface area contributed by atoms with Gasteiger partial charge in [-0.1, -0.05) is 13.8 Å². The van der Waals surface area contributed by atoms with Crippen molar-refractivity contribution in [1.29, 1.82) is 0 Å². The van der Waals surface area contributed by atoms with Crippen LogP contribution >= 0.6 is 0 Å². The summed E-state index contributed by atoms with van der Waals surface area (Å²) in [4.78, 5) is 12.2. The third kappa shape index (κ3) is 2.19. The summed E-state index contributed by atoms with van der Waals surface area (Å²) in [7, 11) is 1.62. The highest BCUT2D eigenvalue weighted by atomic mass is 16.5. The summed E-state index contributed by atoms with van der Waals surface area (Å²) >= 11 is 0. The molecular formula is C10H17NO3. The fourth-order valence-corrected chi connectivity index (χ4v) is 1.96. The van der Waals surface area contributed by atoms with Crippen LogP contribution in [-0.2, 0) is 4.74 Å². The number of piperidine rings is 1. The maximum atomic E-state index is 10.8. The Kier molecular flexibility index (Phi) is 3.38. The van der Waals surface area contributed by atoms with Crippen molar-refractivity contribution >= 4 is 6.09 Å². The first kappa shape index (κ1) is 10.9. The van der Waals surface area contributed by atoms with Gasteiger partial charge in [-0.05, 0) is 17.4 Å². The lowest BCUT2D eigenvalue weighted by atomic mass is 9.86. The van der Waals surface area contributed by atoms with E-state index >= 15 is 0 Å². The standard InChI is InChI=1S/C10H17NO3/c1-7-4-11(10(12)13)5-8(2)9(7)6-14-3/h6-8H,4-5H2,1-3H3,(H,12,13). The molecule has 0 saturated carbocycles. The van der Waals surface area contributed by atoms with Gasteiger partial charge in [0.2, 0.25) is 0 Å². The lowest BCUT2D eigenvalue weighted by molar-refractivity contribution is 0.122. The van der Waals surface area contributed by atoms with Gasteiger partial charge in [-0.2, -0.15) is 0 Å². The number of hydrogen-bond donors (Lipinski definition) is 1. The predicted molar refractivity (Wildman–Crippen MR) is 53.0 cm³/mol. The zero-order chi connectivity index (χ0) is 10.7. The molecular weight excluding hydrogens is 182 g/mol. The van der Waals surface area contributed by atoms with Crippen LogP contribution in [0.3, 0.4) is 0 Å². The smallest absolute Gasteiger partial charge is 0.407 e. The van der Waals surface area contributed by atoms with E-state index in [0.717, 1.165) is 0 Å². The topological polar surface area (TPSA) is 49.8 Å². The molecule has 0 bridgehead atoms. The number of amides is 1. The minimum absolute atomic E-state index is 0.245. The van der Waals surface area contributed by atoms with Crippen LogP contribution in [0.1, 0.15) is 13.8 Å². The normalized spacial score (nSPS) is 27.4. The van der Waals surface area contributed by atoms with Gasteiger partial charge in [-0.15, -0.1) is 0 Å². The fourth-order valence-electron chi connectivity index (χ4n) is 1.96. The molecule has 1 saturated heterocycles. The molecule has 0 aliphatic carbocycles. The van der Waals surface area contributed by atoms with Gasteiger partial charge in [0.05, 0.1) is 13.4 Å². The highest BCUT2D eigenvalue weighted by Gasteiger charge is 2.29. The Morgan fingerprint density at radius 3 is 2.36 bits per heavy atom. The summed E-state index contributed by atoms with van der Waals surface area (Å²) in [6.45, 7) is 5.18. The first-order valence-corrected chi connectivity index (χ1v) is 4.76. The molecule has 0 aromatic carbocycles. The van der Waals surface area contributed by atoms with Crippen molar-refractivity contribution in [1.82, 2.24) is 4.90 Å². The Hall–Kier alpha value is -1.19. The summed E-state index contributed by atoms with van der Waals surface area (Å²) in [6, 6.07) is 0. The monoisotopic (exact) mass is 199 g/mol. The van der Waals surface area contributed by atoms with Crippen molar-refractivity contribution in [3.05, 3.63) is 11.8 Å². The molecule has 0 spiro atoms. The van der Waals surface area contributed by atoms with Gasteiger partial charge in [-0.25, -0.2) is 4.79 Å². The van der Waals surface area contributed by atoms with Crippen LogP contribution in [-0.4, -0.2) is 36.3 Å². The first-order valence-electron chi connectivity index (χ1n) is 4.76. The van der Waals surface area contributed by atoms with Crippen molar-refractivity contribution < 1.29 is 14.6 Å². The molecule has 1 heterocycles. The van der Waals surface area contributed by atoms with E-state index in [0.29, 0.717) is 13.1 Å². The van der Waals surface area contributed by atoms with Crippen molar-refractivity contribution in [3.8, 4) is 0 Å². The van der Waals surface area contributed by atoms with E-state index in [9.17, 15) is 4.79 Å². The lowest BCUT2D eigenvalue weighted by Crippen LogP contribution is -2.43. The van der Waals surface area contributed by atoms with E-state index in [-0.39, 0.29) is 11.8 Å². The predicted octanol–water partition coefficient (Wildman–Crippen LogP) is 1.78. The number of likely N-dealkylation sites (tertiary alicyclic amines) is 1. The number of nitrogens with zero attached hydrogens (tertiary/aromatic N) is 1. The molecule has 4 heteroatoms. The second-order valence-corrected chi connectivity index (χ2v) is 3.84. The molecule has 0 aromatic rings. The number of ether oxygens (including phenoxy) is 1. The highest BCUT2D eigenvalue weighted by molar-refractivity contribution is 5.65. The van der Waals surface area contributed by atoms with Crippen molar-refractivity contribution in [2.45, 2.75) is 13.8 Å². The quantitative estimate of drug-likeness (QED) is 0.655. The van der Waals surface area contributed by atoms with Gasteiger partial charge in [-0.3, -0.25) is 0 Å². The van der Waals surface area contributed by atoms with E-state index < -0.39 is 6.09 Å². The van der Waals surface area contributed by atoms with Gasteiger partial charge in [0.1, 0.15) is 0 Å². The molecule has 2 unspecified atom stereocenters. The minimum Gasteiger partial charge on any atom is -0.504 e. The third-order valence-corrected chi connectivity index (χ3v) is 2.65. The van der Waals surface area contributed by atoms with Gasteiger partial charge in [0.25, 0.3) is 0 Å². The molecule has 80 valence electrons. The van der Waals surface area contributed by atoms with Crippen LogP contribution in [0, 0.1) is 11.8 Å². The number of carboxylic acid groups (broad SMARTS) is 1. The average molecular weight is 199 g/mol. The Morgan fingerprint density at radius 2 is 2.00 bits per heavy atom. The Balaban J connectivity index is 2.72. The van der Waals surface area contributed by atoms with Crippen LogP contribution in [0.2, 0.25) is 0 Å². The van der Waals surface area contributed by atoms with Gasteiger partial charge < -0.3 is 14.7 Å². The molecule has 0 aromatic heterocycles. The van der Waals surface area contributed by atoms with E-state index in [1.165, 1.54) is 10.5 Å². The summed E-state index contributed by atoms with van der Waals surface area (Å²) in [5.41, 5.74) is 1.20. The zero-order valence-corrected chi connectivity index (χ0v) is 8.86. The maximum absolute atomic E-state index is 10.8. The number of hydrogen-bond acceptors (Lipinski definition) is 2. The van der Waals surface area contributed by atoms with Crippen molar-refractivity contribution in [2.75, 3.05) is 20.2 Å². The molecule has 1 aliphatic heterocycles. The molecule has 1 amide bonds. The Bertz CT molecular complexity index is 236. The van der Waals surface area contributed by atoms with Crippen LogP contribution in [0.4, 0.5) is 4.79 Å². The Morgan fingerprint density at radius 1 is 1.50 bits per heavy atom. The van der Waals surface area contributed by atoms with Gasteiger partial charge in [0, 0.05) is 13.1 Å². The number of rotatable bonds is 1. The molecule has 2 atom stereocenters. The lowest BCUT2D eigenvalue weighted by Gasteiger charge is -2.35. The van der Waals surface area contributed by atoms with E-state index in [4.69, 9.17) is 9.84 Å². The summed E-state index contributed by atoms with van der Waals surface area (Å²) in [5, 5.41) is 8.87. The van der Waals surface area contributed by atoms with E-state index in [1.807, 2.05) is 13.8 Å². The Labute approximate surface area is 84.2 Å². The van der Waals surface area contributed by atoms with Crippen LogP contribution in [0.25, 0.3) is 0 Å². The van der Waals surface area contributed by atoms with Crippen molar-refractivity contribution in [3.63, 3.8) is 0 Å². The van der Waals surface area contributed by atoms with E-state index in [1.54, 1.807) is 13.4 Å². The first-order chi connectivity index (χ1) is 6.56. The SMILES string of the molecule is COC=C1C(C)CN(C(=O)O)CC1C.